The summed E-state index contributed by atoms with van der Waals surface area (Å²) >= 11 is 6.14. The highest BCUT2D eigenvalue weighted by Crippen LogP contribution is 2.14. The van der Waals surface area contributed by atoms with Crippen molar-refractivity contribution in [2.75, 3.05) is 26.7 Å². The number of aliphatic imine (C=N–C) groups is 1. The lowest BCUT2D eigenvalue weighted by Gasteiger charge is -2.13. The van der Waals surface area contributed by atoms with Gasteiger partial charge < -0.3 is 16.0 Å². The van der Waals surface area contributed by atoms with Gasteiger partial charge in [0.15, 0.2) is 5.96 Å². The molecule has 0 heterocycles. The molecule has 0 saturated carbocycles. The lowest BCUT2D eigenvalue weighted by atomic mass is 10.1. The van der Waals surface area contributed by atoms with Gasteiger partial charge in [0, 0.05) is 31.7 Å². The highest BCUT2D eigenvalue weighted by Gasteiger charge is 2.04. The van der Waals surface area contributed by atoms with Crippen LogP contribution in [-0.4, -0.2) is 38.5 Å². The monoisotopic (exact) mass is 390 g/mol. The van der Waals surface area contributed by atoms with Gasteiger partial charge in [-0.3, -0.25) is 9.79 Å². The molecule has 7 heteroatoms. The first kappa shape index (κ1) is 20.7. The van der Waals surface area contributed by atoms with Crippen molar-refractivity contribution in [3.05, 3.63) is 70.5 Å². The van der Waals surface area contributed by atoms with E-state index >= 15 is 0 Å². The number of carbonyl (C=O) groups excluding carboxylic acids is 1. The van der Waals surface area contributed by atoms with E-state index < -0.39 is 0 Å². The van der Waals surface area contributed by atoms with Crippen molar-refractivity contribution in [3.63, 3.8) is 0 Å². The summed E-state index contributed by atoms with van der Waals surface area (Å²) in [4.78, 5) is 16.0. The molecule has 5 nitrogen and oxygen atoms in total. The lowest BCUT2D eigenvalue weighted by molar-refractivity contribution is -0.120. The Hall–Kier alpha value is -2.60. The fourth-order valence-corrected chi connectivity index (χ4v) is 2.70. The third kappa shape index (κ3) is 7.66. The Balaban J connectivity index is 1.62. The first-order valence-corrected chi connectivity index (χ1v) is 9.15. The molecule has 0 saturated heterocycles. The Kier molecular flexibility index (Phi) is 8.58. The van der Waals surface area contributed by atoms with Gasteiger partial charge in [-0.25, -0.2) is 4.39 Å². The predicted molar refractivity (Wildman–Crippen MR) is 108 cm³/mol. The van der Waals surface area contributed by atoms with Crippen LogP contribution in [0.5, 0.6) is 0 Å². The molecule has 144 valence electrons. The minimum atomic E-state index is -0.309. The van der Waals surface area contributed by atoms with Gasteiger partial charge in [-0.05, 0) is 35.7 Å². The van der Waals surface area contributed by atoms with E-state index in [0.29, 0.717) is 25.6 Å². The Bertz CT molecular complexity index is 765. The topological polar surface area (TPSA) is 65.5 Å². The van der Waals surface area contributed by atoms with Crippen LogP contribution in [-0.2, 0) is 17.6 Å². The standard InChI is InChI=1S/C20H24ClFN4O/c1-23-20(25-11-10-16-4-2-3-5-18(16)21)26-13-12-24-19(27)14-15-6-8-17(22)9-7-15/h2-9H,10-14H2,1H3,(H,24,27)(H2,23,25,26). The van der Waals surface area contributed by atoms with E-state index in [0.717, 1.165) is 22.6 Å². The molecular formula is C20H24ClFN4O. The van der Waals surface area contributed by atoms with Gasteiger partial charge in [-0.2, -0.15) is 0 Å². The maximum absolute atomic E-state index is 12.9. The Labute approximate surface area is 164 Å². The van der Waals surface area contributed by atoms with Crippen molar-refractivity contribution >= 4 is 23.5 Å². The van der Waals surface area contributed by atoms with Gasteiger partial charge in [0.05, 0.1) is 6.42 Å². The molecule has 2 rings (SSSR count). The number of nitrogens with zero attached hydrogens (tertiary/aromatic N) is 1. The minimum absolute atomic E-state index is 0.106. The summed E-state index contributed by atoms with van der Waals surface area (Å²) in [6.07, 6.45) is 1.01. The van der Waals surface area contributed by atoms with Crippen molar-refractivity contribution in [2.45, 2.75) is 12.8 Å². The molecular weight excluding hydrogens is 367 g/mol. The largest absolute Gasteiger partial charge is 0.356 e. The van der Waals surface area contributed by atoms with Crippen molar-refractivity contribution in [3.8, 4) is 0 Å². The third-order valence-electron chi connectivity index (χ3n) is 3.89. The van der Waals surface area contributed by atoms with Crippen molar-refractivity contribution < 1.29 is 9.18 Å². The van der Waals surface area contributed by atoms with Crippen molar-refractivity contribution in [1.29, 1.82) is 0 Å². The SMILES string of the molecule is CN=C(NCCNC(=O)Cc1ccc(F)cc1)NCCc1ccccc1Cl. The van der Waals surface area contributed by atoms with E-state index in [2.05, 4.69) is 20.9 Å². The lowest BCUT2D eigenvalue weighted by Crippen LogP contribution is -2.42. The summed E-state index contributed by atoms with van der Waals surface area (Å²) in [6, 6.07) is 13.7. The number of benzene rings is 2. The molecule has 0 radical (unpaired) electrons. The third-order valence-corrected chi connectivity index (χ3v) is 4.25. The minimum Gasteiger partial charge on any atom is -0.356 e. The van der Waals surface area contributed by atoms with Crippen LogP contribution in [0, 0.1) is 5.82 Å². The van der Waals surface area contributed by atoms with E-state index in [4.69, 9.17) is 11.6 Å². The van der Waals surface area contributed by atoms with Crippen LogP contribution in [0.3, 0.4) is 0 Å². The van der Waals surface area contributed by atoms with Crippen molar-refractivity contribution in [2.24, 2.45) is 4.99 Å². The normalized spacial score (nSPS) is 11.1. The van der Waals surface area contributed by atoms with Gasteiger partial charge in [-0.1, -0.05) is 41.9 Å². The molecule has 0 fully saturated rings. The molecule has 0 aliphatic rings. The molecule has 0 aliphatic carbocycles. The number of rotatable bonds is 8. The second-order valence-electron chi connectivity index (χ2n) is 5.92. The molecule has 0 spiro atoms. The van der Waals surface area contributed by atoms with Crippen LogP contribution in [0.4, 0.5) is 4.39 Å². The summed E-state index contributed by atoms with van der Waals surface area (Å²) in [5, 5.41) is 9.92. The Morgan fingerprint density at radius 2 is 1.67 bits per heavy atom. The van der Waals surface area contributed by atoms with Crippen LogP contribution in [0.2, 0.25) is 5.02 Å². The van der Waals surface area contributed by atoms with Gasteiger partial charge in [-0.15, -0.1) is 0 Å². The molecule has 0 aromatic heterocycles. The molecule has 3 N–H and O–H groups in total. The smallest absolute Gasteiger partial charge is 0.224 e. The number of guanidine groups is 1. The zero-order chi connectivity index (χ0) is 19.5. The molecule has 0 bridgehead atoms. The van der Waals surface area contributed by atoms with Crippen LogP contribution in [0.1, 0.15) is 11.1 Å². The summed E-state index contributed by atoms with van der Waals surface area (Å²) in [5.41, 5.74) is 1.86. The fraction of sp³-hybridized carbons (Fsp3) is 0.300. The van der Waals surface area contributed by atoms with Gasteiger partial charge >= 0.3 is 0 Å². The molecule has 2 aromatic rings. The highest BCUT2D eigenvalue weighted by molar-refractivity contribution is 6.31. The summed E-state index contributed by atoms with van der Waals surface area (Å²) < 4.78 is 12.9. The van der Waals surface area contributed by atoms with Crippen LogP contribution < -0.4 is 16.0 Å². The van der Waals surface area contributed by atoms with Crippen molar-refractivity contribution in [1.82, 2.24) is 16.0 Å². The number of hydrogen-bond donors (Lipinski definition) is 3. The second kappa shape index (κ2) is 11.2. The summed E-state index contributed by atoms with van der Waals surface area (Å²) in [5.74, 6) is 0.247. The number of hydrogen-bond acceptors (Lipinski definition) is 2. The van der Waals surface area contributed by atoms with Gasteiger partial charge in [0.2, 0.25) is 5.91 Å². The molecule has 0 aliphatic heterocycles. The van der Waals surface area contributed by atoms with Crippen LogP contribution >= 0.6 is 11.6 Å². The van der Waals surface area contributed by atoms with Crippen LogP contribution in [0.25, 0.3) is 0 Å². The average Bonchev–Trinajstić information content (AvgIpc) is 2.67. The highest BCUT2D eigenvalue weighted by atomic mass is 35.5. The van der Waals surface area contributed by atoms with E-state index in [-0.39, 0.29) is 18.1 Å². The number of halogens is 2. The first-order valence-electron chi connectivity index (χ1n) is 8.77. The molecule has 27 heavy (non-hydrogen) atoms. The number of amides is 1. The van der Waals surface area contributed by atoms with Crippen LogP contribution in [0.15, 0.2) is 53.5 Å². The predicted octanol–water partition coefficient (Wildman–Crippen LogP) is 2.55. The van der Waals surface area contributed by atoms with E-state index in [1.807, 2.05) is 24.3 Å². The van der Waals surface area contributed by atoms with Gasteiger partial charge in [0.1, 0.15) is 5.82 Å². The zero-order valence-electron chi connectivity index (χ0n) is 15.3. The first-order chi connectivity index (χ1) is 13.1. The Morgan fingerprint density at radius 3 is 2.37 bits per heavy atom. The quantitative estimate of drug-likeness (QED) is 0.368. The Morgan fingerprint density at radius 1 is 1.00 bits per heavy atom. The molecule has 0 unspecified atom stereocenters. The zero-order valence-corrected chi connectivity index (χ0v) is 16.0. The maximum Gasteiger partial charge on any atom is 0.224 e. The van der Waals surface area contributed by atoms with E-state index in [9.17, 15) is 9.18 Å². The van der Waals surface area contributed by atoms with E-state index in [1.165, 1.54) is 12.1 Å². The molecule has 1 amide bonds. The molecule has 2 aromatic carbocycles. The summed E-state index contributed by atoms with van der Waals surface area (Å²) in [7, 11) is 1.69. The number of nitrogens with one attached hydrogen (secondary N) is 3. The average molecular weight is 391 g/mol. The summed E-state index contributed by atoms with van der Waals surface area (Å²) in [6.45, 7) is 1.70. The maximum atomic E-state index is 12.9. The van der Waals surface area contributed by atoms with Gasteiger partial charge in [0.25, 0.3) is 0 Å². The number of carbonyl (C=O) groups is 1. The second-order valence-corrected chi connectivity index (χ2v) is 6.33. The fourth-order valence-electron chi connectivity index (χ4n) is 2.47. The molecule has 0 atom stereocenters. The van der Waals surface area contributed by atoms with E-state index in [1.54, 1.807) is 19.2 Å².